The first-order valence-corrected chi connectivity index (χ1v) is 6.46. The number of carbonyl (C=O) groups excluding carboxylic acids is 2. The summed E-state index contributed by atoms with van der Waals surface area (Å²) >= 11 is 0. The van der Waals surface area contributed by atoms with Crippen LogP contribution in [0.1, 0.15) is 25.5 Å². The lowest BCUT2D eigenvalue weighted by atomic mass is 10.1. The second-order valence-corrected chi connectivity index (χ2v) is 4.43. The first-order valence-electron chi connectivity index (χ1n) is 6.46. The lowest BCUT2D eigenvalue weighted by Gasteiger charge is -2.20. The third-order valence-corrected chi connectivity index (χ3v) is 2.90. The molecule has 1 aromatic rings. The molecule has 6 heteroatoms. The maximum absolute atomic E-state index is 12.0. The van der Waals surface area contributed by atoms with Crippen LogP contribution in [0.4, 0.5) is 10.5 Å². The van der Waals surface area contributed by atoms with Gasteiger partial charge in [0.15, 0.2) is 0 Å². The van der Waals surface area contributed by atoms with E-state index in [1.54, 1.807) is 19.1 Å². The van der Waals surface area contributed by atoms with Crippen molar-refractivity contribution < 1.29 is 14.3 Å². The first-order chi connectivity index (χ1) is 9.47. The molecular formula is C14H21N3O3. The number of urea groups is 1. The molecule has 0 radical (unpaired) electrons. The molecule has 110 valence electrons. The number of ether oxygens (including phenoxy) is 1. The smallest absolute Gasteiger partial charge is 0.325 e. The van der Waals surface area contributed by atoms with Gasteiger partial charge in [-0.05, 0) is 31.5 Å². The number of likely N-dealkylation sites (N-methyl/N-ethyl adjacent to an activating group) is 1. The summed E-state index contributed by atoms with van der Waals surface area (Å²) < 4.78 is 4.55. The van der Waals surface area contributed by atoms with E-state index in [4.69, 9.17) is 5.73 Å². The Morgan fingerprint density at radius 3 is 2.40 bits per heavy atom. The van der Waals surface area contributed by atoms with Crippen molar-refractivity contribution >= 4 is 17.7 Å². The predicted molar refractivity (Wildman–Crippen MR) is 77.3 cm³/mol. The SMILES string of the molecule is CCN(CC(=O)OC)C(=O)Nc1ccc(C(C)N)cc1. The maximum atomic E-state index is 12.0. The van der Waals surface area contributed by atoms with Crippen LogP contribution < -0.4 is 11.1 Å². The Labute approximate surface area is 118 Å². The van der Waals surface area contributed by atoms with E-state index in [9.17, 15) is 9.59 Å². The van der Waals surface area contributed by atoms with Crippen LogP contribution in [0.5, 0.6) is 0 Å². The number of rotatable bonds is 5. The van der Waals surface area contributed by atoms with Crippen LogP contribution in [0, 0.1) is 0 Å². The number of nitrogens with two attached hydrogens (primary N) is 1. The van der Waals surface area contributed by atoms with Crippen LogP contribution >= 0.6 is 0 Å². The van der Waals surface area contributed by atoms with Crippen LogP contribution in [0.25, 0.3) is 0 Å². The molecule has 0 fully saturated rings. The van der Waals surface area contributed by atoms with Gasteiger partial charge in [-0.1, -0.05) is 12.1 Å². The highest BCUT2D eigenvalue weighted by Gasteiger charge is 2.15. The van der Waals surface area contributed by atoms with Gasteiger partial charge in [0.25, 0.3) is 0 Å². The topological polar surface area (TPSA) is 84.7 Å². The molecule has 20 heavy (non-hydrogen) atoms. The van der Waals surface area contributed by atoms with Gasteiger partial charge in [-0.15, -0.1) is 0 Å². The largest absolute Gasteiger partial charge is 0.468 e. The number of nitrogens with zero attached hydrogens (tertiary/aromatic N) is 1. The second-order valence-electron chi connectivity index (χ2n) is 4.43. The number of esters is 1. The number of hydrogen-bond acceptors (Lipinski definition) is 4. The minimum Gasteiger partial charge on any atom is -0.468 e. The molecule has 0 saturated carbocycles. The molecule has 1 atom stereocenters. The molecule has 0 aliphatic carbocycles. The molecule has 2 amide bonds. The minimum atomic E-state index is -0.450. The van der Waals surface area contributed by atoms with Crippen molar-refractivity contribution in [3.8, 4) is 0 Å². The number of amides is 2. The van der Waals surface area contributed by atoms with Gasteiger partial charge in [-0.3, -0.25) is 4.79 Å². The van der Waals surface area contributed by atoms with Gasteiger partial charge in [0.1, 0.15) is 6.54 Å². The summed E-state index contributed by atoms with van der Waals surface area (Å²) in [5.41, 5.74) is 7.40. The van der Waals surface area contributed by atoms with Crippen LogP contribution in [0.2, 0.25) is 0 Å². The molecule has 1 unspecified atom stereocenters. The number of carbonyl (C=O) groups is 2. The number of anilines is 1. The van der Waals surface area contributed by atoms with Crippen LogP contribution in [0.15, 0.2) is 24.3 Å². The summed E-state index contributed by atoms with van der Waals surface area (Å²) in [6, 6.07) is 6.89. The summed E-state index contributed by atoms with van der Waals surface area (Å²) in [6.45, 7) is 4.03. The van der Waals surface area contributed by atoms with Crippen LogP contribution in [-0.2, 0) is 9.53 Å². The summed E-state index contributed by atoms with van der Waals surface area (Å²) in [5.74, 6) is -0.450. The number of hydrogen-bond donors (Lipinski definition) is 2. The molecule has 0 bridgehead atoms. The summed E-state index contributed by atoms with van der Waals surface area (Å²) in [6.07, 6.45) is 0. The predicted octanol–water partition coefficient (Wildman–Crippen LogP) is 1.73. The van der Waals surface area contributed by atoms with Crippen molar-refractivity contribution in [3.05, 3.63) is 29.8 Å². The molecule has 1 rings (SSSR count). The summed E-state index contributed by atoms with van der Waals surface area (Å²) in [5, 5.41) is 2.73. The van der Waals surface area contributed by atoms with Gasteiger partial charge in [-0.25, -0.2) is 4.79 Å². The second kappa shape index (κ2) is 7.49. The summed E-state index contributed by atoms with van der Waals surface area (Å²) in [7, 11) is 1.29. The van der Waals surface area contributed by atoms with E-state index in [0.717, 1.165) is 5.56 Å². The van der Waals surface area contributed by atoms with Crippen molar-refractivity contribution in [3.63, 3.8) is 0 Å². The van der Waals surface area contributed by atoms with Gasteiger partial charge >= 0.3 is 12.0 Å². The van der Waals surface area contributed by atoms with Crippen molar-refractivity contribution in [1.29, 1.82) is 0 Å². The highest BCUT2D eigenvalue weighted by molar-refractivity contribution is 5.91. The molecular weight excluding hydrogens is 258 g/mol. The minimum absolute atomic E-state index is 0.0498. The number of benzene rings is 1. The molecule has 0 aliphatic rings. The van der Waals surface area contributed by atoms with Gasteiger partial charge in [0, 0.05) is 18.3 Å². The fraction of sp³-hybridized carbons (Fsp3) is 0.429. The van der Waals surface area contributed by atoms with E-state index in [2.05, 4.69) is 10.1 Å². The van der Waals surface area contributed by atoms with E-state index in [1.807, 2.05) is 19.1 Å². The van der Waals surface area contributed by atoms with Crippen molar-refractivity contribution in [2.75, 3.05) is 25.5 Å². The standard InChI is InChI=1S/C14H21N3O3/c1-4-17(9-13(18)20-3)14(19)16-12-7-5-11(6-8-12)10(2)15/h5-8,10H,4,9,15H2,1-3H3,(H,16,19). The van der Waals surface area contributed by atoms with Gasteiger partial charge in [0.05, 0.1) is 7.11 Å². The Kier molecular flexibility index (Phi) is 5.99. The fourth-order valence-electron chi connectivity index (χ4n) is 1.62. The Balaban J connectivity index is 2.66. The average Bonchev–Trinajstić information content (AvgIpc) is 2.44. The monoisotopic (exact) mass is 279 g/mol. The third kappa shape index (κ3) is 4.55. The van der Waals surface area contributed by atoms with Crippen molar-refractivity contribution in [2.45, 2.75) is 19.9 Å². The van der Waals surface area contributed by atoms with Gasteiger partial charge in [-0.2, -0.15) is 0 Å². The fourth-order valence-corrected chi connectivity index (χ4v) is 1.62. The lowest BCUT2D eigenvalue weighted by Crippen LogP contribution is -2.38. The zero-order valence-electron chi connectivity index (χ0n) is 12.1. The Morgan fingerprint density at radius 2 is 1.95 bits per heavy atom. The summed E-state index contributed by atoms with van der Waals surface area (Å²) in [4.78, 5) is 24.6. The van der Waals surface area contributed by atoms with Gasteiger partial charge in [0.2, 0.25) is 0 Å². The highest BCUT2D eigenvalue weighted by atomic mass is 16.5. The lowest BCUT2D eigenvalue weighted by molar-refractivity contribution is -0.141. The normalized spacial score (nSPS) is 11.6. The molecule has 0 aliphatic heterocycles. The molecule has 1 aromatic carbocycles. The Hall–Kier alpha value is -2.08. The molecule has 0 saturated heterocycles. The van der Waals surface area contributed by atoms with E-state index in [0.29, 0.717) is 12.2 Å². The van der Waals surface area contributed by atoms with E-state index in [-0.39, 0.29) is 18.6 Å². The highest BCUT2D eigenvalue weighted by Crippen LogP contribution is 2.14. The molecule has 6 nitrogen and oxygen atoms in total. The van der Waals surface area contributed by atoms with E-state index < -0.39 is 5.97 Å². The molecule has 0 heterocycles. The van der Waals surface area contributed by atoms with Crippen LogP contribution in [0.3, 0.4) is 0 Å². The molecule has 0 spiro atoms. The van der Waals surface area contributed by atoms with Gasteiger partial charge < -0.3 is 20.7 Å². The molecule has 3 N–H and O–H groups in total. The number of nitrogens with one attached hydrogen (secondary N) is 1. The van der Waals surface area contributed by atoms with E-state index in [1.165, 1.54) is 12.0 Å². The Bertz CT molecular complexity index is 457. The number of methoxy groups -OCH3 is 1. The third-order valence-electron chi connectivity index (χ3n) is 2.90. The zero-order chi connectivity index (χ0) is 15.1. The average molecular weight is 279 g/mol. The van der Waals surface area contributed by atoms with Crippen LogP contribution in [-0.4, -0.2) is 37.1 Å². The first kappa shape index (κ1) is 16.0. The zero-order valence-corrected chi connectivity index (χ0v) is 12.1. The Morgan fingerprint density at radius 1 is 1.35 bits per heavy atom. The van der Waals surface area contributed by atoms with E-state index >= 15 is 0 Å². The van der Waals surface area contributed by atoms with Crippen molar-refractivity contribution in [2.24, 2.45) is 5.73 Å². The maximum Gasteiger partial charge on any atom is 0.325 e. The quantitative estimate of drug-likeness (QED) is 0.804. The van der Waals surface area contributed by atoms with Crippen molar-refractivity contribution in [1.82, 2.24) is 4.90 Å². The molecule has 0 aromatic heterocycles.